The number of halogens is 1. The lowest BCUT2D eigenvalue weighted by atomic mass is 10.0. The van der Waals surface area contributed by atoms with Gasteiger partial charge in [-0.15, -0.1) is 0 Å². The Hall–Kier alpha value is -4.29. The van der Waals surface area contributed by atoms with E-state index in [0.717, 1.165) is 22.5 Å². The van der Waals surface area contributed by atoms with Crippen LogP contribution in [0.25, 0.3) is 0 Å². The van der Waals surface area contributed by atoms with Crippen LogP contribution in [0.5, 0.6) is 0 Å². The highest BCUT2D eigenvalue weighted by Crippen LogP contribution is 2.32. The molecule has 0 radical (unpaired) electrons. The third-order valence-corrected chi connectivity index (χ3v) is 7.50. The van der Waals surface area contributed by atoms with E-state index in [4.69, 9.17) is 9.47 Å². The molecule has 1 saturated heterocycles. The number of amidine groups is 1. The molecule has 222 valence electrons. The number of amides is 2. The number of nitrogens with one attached hydrogen (secondary N) is 3. The number of carbonyl (C=O) groups excluding carboxylic acids is 2. The fraction of sp³-hybridized carbons (Fsp3) is 0.400. The van der Waals surface area contributed by atoms with Crippen LogP contribution in [-0.4, -0.2) is 81.6 Å². The Morgan fingerprint density at radius 3 is 2.71 bits per heavy atom. The Morgan fingerprint density at radius 1 is 1.17 bits per heavy atom. The first-order chi connectivity index (χ1) is 20.2. The topological polar surface area (TPSA) is 120 Å². The average Bonchev–Trinajstić information content (AvgIpc) is 3.32. The smallest absolute Gasteiger partial charge is 0.255 e. The molecule has 3 heterocycles. The zero-order valence-electron chi connectivity index (χ0n) is 24.2. The number of methoxy groups -OCH3 is 1. The van der Waals surface area contributed by atoms with Crippen molar-refractivity contribution in [1.82, 2.24) is 10.3 Å². The van der Waals surface area contributed by atoms with Gasteiger partial charge in [-0.2, -0.15) is 5.10 Å². The third kappa shape index (κ3) is 6.44. The van der Waals surface area contributed by atoms with Gasteiger partial charge in [-0.1, -0.05) is 6.07 Å². The molecule has 2 aromatic rings. The summed E-state index contributed by atoms with van der Waals surface area (Å²) in [6.45, 7) is 8.96. The zero-order chi connectivity index (χ0) is 29.8. The first-order valence-corrected chi connectivity index (χ1v) is 13.9. The van der Waals surface area contributed by atoms with Crippen LogP contribution in [0, 0.1) is 18.7 Å². The van der Waals surface area contributed by atoms with E-state index in [-0.39, 0.29) is 23.4 Å². The van der Waals surface area contributed by atoms with Crippen molar-refractivity contribution < 1.29 is 23.5 Å². The van der Waals surface area contributed by atoms with E-state index in [1.165, 1.54) is 18.5 Å². The Balaban J connectivity index is 1.32. The Kier molecular flexibility index (Phi) is 8.83. The second-order valence-corrected chi connectivity index (χ2v) is 10.6. The van der Waals surface area contributed by atoms with Crippen molar-refractivity contribution >= 4 is 41.1 Å². The van der Waals surface area contributed by atoms with E-state index in [1.54, 1.807) is 30.3 Å². The summed E-state index contributed by atoms with van der Waals surface area (Å²) in [6.07, 6.45) is 1.45. The van der Waals surface area contributed by atoms with Crippen molar-refractivity contribution in [3.63, 3.8) is 0 Å². The number of benzene rings is 2. The summed E-state index contributed by atoms with van der Waals surface area (Å²) in [5, 5.41) is 15.4. The highest BCUT2D eigenvalue weighted by molar-refractivity contribution is 6.13. The van der Waals surface area contributed by atoms with Crippen LogP contribution in [0.4, 0.5) is 21.5 Å². The monoisotopic (exact) mass is 577 g/mol. The van der Waals surface area contributed by atoms with Gasteiger partial charge < -0.3 is 30.3 Å². The average molecular weight is 578 g/mol. The van der Waals surface area contributed by atoms with Crippen LogP contribution in [0.2, 0.25) is 0 Å². The molecule has 3 aliphatic heterocycles. The first-order valence-electron chi connectivity index (χ1n) is 13.9. The van der Waals surface area contributed by atoms with E-state index in [9.17, 15) is 14.0 Å². The summed E-state index contributed by atoms with van der Waals surface area (Å²) in [5.74, 6) is -0.824. The van der Waals surface area contributed by atoms with E-state index in [1.807, 2.05) is 31.7 Å². The molecule has 0 saturated carbocycles. The standard InChI is InChI=1S/C30H36FN7O4/c1-18-5-6-23(35-29(39)21-11-22(31)13-24(12-21)37-7-9-42-10-8-37)14-26(18)36-28-27-20(3)25(15-38(27)33-17-32-28)30(40)34-19(2)16-41-4/h5-6,11-14,17,19,25H,7-10,15-16H2,1-4H3,(H,34,40)(H,35,39)(H,32,33,36)/t19-,25?/m0/s1. The van der Waals surface area contributed by atoms with Gasteiger partial charge in [-0.3, -0.25) is 14.6 Å². The number of ether oxygens (including phenoxy) is 2. The van der Waals surface area contributed by atoms with Gasteiger partial charge in [0.2, 0.25) is 5.91 Å². The third-order valence-electron chi connectivity index (χ3n) is 7.50. The maximum Gasteiger partial charge on any atom is 0.255 e. The molecule has 0 spiro atoms. The lowest BCUT2D eigenvalue weighted by Crippen LogP contribution is -2.41. The van der Waals surface area contributed by atoms with Gasteiger partial charge in [0.1, 0.15) is 17.9 Å². The molecular weight excluding hydrogens is 541 g/mol. The highest BCUT2D eigenvalue weighted by Gasteiger charge is 2.37. The molecular formula is C30H36FN7O4. The van der Waals surface area contributed by atoms with Crippen LogP contribution in [0.3, 0.4) is 0 Å². The van der Waals surface area contributed by atoms with Crippen molar-refractivity contribution in [2.24, 2.45) is 16.0 Å². The van der Waals surface area contributed by atoms with Crippen LogP contribution < -0.4 is 20.9 Å². The lowest BCUT2D eigenvalue weighted by molar-refractivity contribution is -0.124. The number of aryl methyl sites for hydroxylation is 1. The molecule has 2 aromatic carbocycles. The molecule has 11 nitrogen and oxygen atoms in total. The number of rotatable bonds is 8. The molecule has 12 heteroatoms. The number of hydrogen-bond acceptors (Lipinski definition) is 9. The number of hydrogen-bond donors (Lipinski definition) is 3. The Bertz CT molecular complexity index is 1450. The summed E-state index contributed by atoms with van der Waals surface area (Å²) in [6, 6.07) is 9.71. The van der Waals surface area contributed by atoms with E-state index in [0.29, 0.717) is 56.7 Å². The largest absolute Gasteiger partial charge is 0.383 e. The molecule has 0 bridgehead atoms. The molecule has 1 fully saturated rings. The summed E-state index contributed by atoms with van der Waals surface area (Å²) in [4.78, 5) is 32.6. The maximum atomic E-state index is 14.5. The highest BCUT2D eigenvalue weighted by atomic mass is 19.1. The fourth-order valence-electron chi connectivity index (χ4n) is 5.27. The second kappa shape index (κ2) is 12.7. The van der Waals surface area contributed by atoms with Gasteiger partial charge in [0.25, 0.3) is 5.91 Å². The van der Waals surface area contributed by atoms with E-state index < -0.39 is 11.7 Å². The quantitative estimate of drug-likeness (QED) is 0.440. The van der Waals surface area contributed by atoms with Crippen molar-refractivity contribution in [1.29, 1.82) is 0 Å². The van der Waals surface area contributed by atoms with Gasteiger partial charge in [-0.25, -0.2) is 9.38 Å². The van der Waals surface area contributed by atoms with Gasteiger partial charge >= 0.3 is 0 Å². The van der Waals surface area contributed by atoms with Gasteiger partial charge in [0.15, 0.2) is 5.84 Å². The molecule has 3 aliphatic rings. The number of aliphatic imine (C=N–C) groups is 1. The number of carbonyl (C=O) groups is 2. The SMILES string of the molecule is COC[C@H](C)NC(=O)C1CN2N=CN=C(Nc3cc(NC(=O)c4cc(F)cc(N5CCOCC5)c4)ccc3C)C2=C1C. The summed E-state index contributed by atoms with van der Waals surface area (Å²) >= 11 is 0. The van der Waals surface area contributed by atoms with E-state index in [2.05, 4.69) is 26.0 Å². The predicted molar refractivity (Wildman–Crippen MR) is 160 cm³/mol. The minimum absolute atomic E-state index is 0.0940. The van der Waals surface area contributed by atoms with Gasteiger partial charge in [-0.05, 0) is 62.2 Å². The Labute approximate surface area is 244 Å². The van der Waals surface area contributed by atoms with E-state index >= 15 is 0 Å². The predicted octanol–water partition coefficient (Wildman–Crippen LogP) is 3.35. The minimum Gasteiger partial charge on any atom is -0.383 e. The molecule has 2 atom stereocenters. The normalized spacial score (nSPS) is 18.9. The van der Waals surface area contributed by atoms with Crippen molar-refractivity contribution in [2.45, 2.75) is 26.8 Å². The molecule has 1 unspecified atom stereocenters. The van der Waals surface area contributed by atoms with Crippen molar-refractivity contribution in [3.05, 3.63) is 64.6 Å². The van der Waals surface area contributed by atoms with Gasteiger partial charge in [0.05, 0.1) is 32.3 Å². The maximum absolute atomic E-state index is 14.5. The van der Waals surface area contributed by atoms with Crippen LogP contribution in [0.1, 0.15) is 29.8 Å². The molecule has 42 heavy (non-hydrogen) atoms. The van der Waals surface area contributed by atoms with Crippen molar-refractivity contribution in [2.75, 3.05) is 62.1 Å². The zero-order valence-corrected chi connectivity index (χ0v) is 24.2. The molecule has 0 aliphatic carbocycles. The number of anilines is 3. The number of nitrogens with zero attached hydrogens (tertiary/aromatic N) is 4. The lowest BCUT2D eigenvalue weighted by Gasteiger charge is -2.29. The summed E-state index contributed by atoms with van der Waals surface area (Å²) in [5.41, 5.74) is 4.64. The second-order valence-electron chi connectivity index (χ2n) is 10.6. The number of hydrazone groups is 1. The summed E-state index contributed by atoms with van der Waals surface area (Å²) < 4.78 is 25.0. The molecule has 5 rings (SSSR count). The number of fused-ring (bicyclic) bond motifs is 1. The molecule has 0 aromatic heterocycles. The van der Waals surface area contributed by atoms with Crippen LogP contribution in [-0.2, 0) is 14.3 Å². The molecule has 3 N–H and O–H groups in total. The minimum atomic E-state index is -0.475. The van der Waals surface area contributed by atoms with Crippen LogP contribution in [0.15, 0.2) is 57.8 Å². The fourth-order valence-corrected chi connectivity index (χ4v) is 5.27. The number of morpholine rings is 1. The van der Waals surface area contributed by atoms with Crippen molar-refractivity contribution in [3.8, 4) is 0 Å². The van der Waals surface area contributed by atoms with Crippen LogP contribution >= 0.6 is 0 Å². The van der Waals surface area contributed by atoms with Gasteiger partial charge in [0, 0.05) is 48.9 Å². The summed E-state index contributed by atoms with van der Waals surface area (Å²) in [7, 11) is 1.60. The molecule has 2 amide bonds. The Morgan fingerprint density at radius 2 is 1.95 bits per heavy atom. The first kappa shape index (κ1) is 29.2.